The summed E-state index contributed by atoms with van der Waals surface area (Å²) in [5, 5.41) is 0. The number of hydrogen-bond donors (Lipinski definition) is 0. The highest BCUT2D eigenvalue weighted by Gasteiger charge is 2.41. The molecule has 1 aliphatic heterocycles. The average Bonchev–Trinajstić information content (AvgIpc) is 2.95. The molecule has 0 bridgehead atoms. The van der Waals surface area contributed by atoms with E-state index in [1.807, 2.05) is 30.3 Å². The van der Waals surface area contributed by atoms with Crippen LogP contribution in [0.1, 0.15) is 25.3 Å². The van der Waals surface area contributed by atoms with Gasteiger partial charge in [0.1, 0.15) is 6.61 Å². The van der Waals surface area contributed by atoms with Crippen LogP contribution in [0.15, 0.2) is 43.0 Å². The van der Waals surface area contributed by atoms with E-state index in [2.05, 4.69) is 6.58 Å². The number of allylic oxidation sites excluding steroid dienone is 1. The standard InChI is InChI=1S/C19H23NO5/c1-3-8-15(12-17(21)24-4-2)18(22)20-16(13-25-19(20)23)11-14-9-6-5-7-10-14/h3,5-7,9-10,15-16H,1,4,8,11-13H2,2H3/t15-,16+/m0/s1. The van der Waals surface area contributed by atoms with Crippen LogP contribution in [-0.4, -0.2) is 42.1 Å². The number of cyclic esters (lactones) is 1. The largest absolute Gasteiger partial charge is 0.466 e. The van der Waals surface area contributed by atoms with Gasteiger partial charge in [0, 0.05) is 0 Å². The first-order chi connectivity index (χ1) is 12.1. The Balaban J connectivity index is 2.12. The molecule has 1 aliphatic rings. The highest BCUT2D eigenvalue weighted by Crippen LogP contribution is 2.23. The molecule has 0 aromatic heterocycles. The first-order valence-corrected chi connectivity index (χ1v) is 8.37. The van der Waals surface area contributed by atoms with Crippen LogP contribution in [-0.2, 0) is 25.5 Å². The fraction of sp³-hybridized carbons (Fsp3) is 0.421. The van der Waals surface area contributed by atoms with Crippen LogP contribution in [0.25, 0.3) is 0 Å². The number of esters is 1. The van der Waals surface area contributed by atoms with Gasteiger partial charge in [-0.2, -0.15) is 0 Å². The van der Waals surface area contributed by atoms with E-state index in [1.165, 1.54) is 0 Å². The summed E-state index contributed by atoms with van der Waals surface area (Å²) in [6.07, 6.45) is 1.62. The lowest BCUT2D eigenvalue weighted by Gasteiger charge is -2.24. The number of amides is 2. The first kappa shape index (κ1) is 18.7. The molecule has 134 valence electrons. The summed E-state index contributed by atoms with van der Waals surface area (Å²) in [4.78, 5) is 37.8. The predicted molar refractivity (Wildman–Crippen MR) is 91.7 cm³/mol. The molecular formula is C19H23NO5. The maximum absolute atomic E-state index is 12.9. The molecule has 0 unspecified atom stereocenters. The zero-order valence-electron chi connectivity index (χ0n) is 14.3. The summed E-state index contributed by atoms with van der Waals surface area (Å²) < 4.78 is 10.00. The third-order valence-electron chi connectivity index (χ3n) is 4.03. The van der Waals surface area contributed by atoms with E-state index >= 15 is 0 Å². The van der Waals surface area contributed by atoms with Gasteiger partial charge in [-0.25, -0.2) is 9.69 Å². The minimum absolute atomic E-state index is 0.0828. The number of ether oxygens (including phenoxy) is 2. The van der Waals surface area contributed by atoms with Gasteiger partial charge in [0.25, 0.3) is 0 Å². The Kier molecular flexibility index (Phi) is 6.74. The van der Waals surface area contributed by atoms with Crippen molar-refractivity contribution in [3.63, 3.8) is 0 Å². The number of carbonyl (C=O) groups is 3. The molecule has 25 heavy (non-hydrogen) atoms. The molecule has 1 heterocycles. The number of nitrogens with zero attached hydrogens (tertiary/aromatic N) is 1. The molecule has 0 aliphatic carbocycles. The van der Waals surface area contributed by atoms with Crippen LogP contribution < -0.4 is 0 Å². The van der Waals surface area contributed by atoms with Gasteiger partial charge < -0.3 is 9.47 Å². The monoisotopic (exact) mass is 345 g/mol. The number of imide groups is 1. The van der Waals surface area contributed by atoms with Crippen LogP contribution in [0.2, 0.25) is 0 Å². The molecule has 2 atom stereocenters. The fourth-order valence-electron chi connectivity index (χ4n) is 2.86. The van der Waals surface area contributed by atoms with Crippen LogP contribution >= 0.6 is 0 Å². The summed E-state index contributed by atoms with van der Waals surface area (Å²) in [5.74, 6) is -1.56. The third kappa shape index (κ3) is 4.92. The predicted octanol–water partition coefficient (Wildman–Crippen LogP) is 2.72. The van der Waals surface area contributed by atoms with Crippen molar-refractivity contribution in [1.29, 1.82) is 0 Å². The van der Waals surface area contributed by atoms with Crippen LogP contribution in [0.3, 0.4) is 0 Å². The van der Waals surface area contributed by atoms with Gasteiger partial charge in [0.05, 0.1) is 25.0 Å². The van der Waals surface area contributed by atoms with E-state index in [4.69, 9.17) is 9.47 Å². The number of rotatable bonds is 8. The Morgan fingerprint density at radius 2 is 2.12 bits per heavy atom. The van der Waals surface area contributed by atoms with Gasteiger partial charge in [-0.1, -0.05) is 36.4 Å². The van der Waals surface area contributed by atoms with Crippen molar-refractivity contribution in [2.75, 3.05) is 13.2 Å². The Bertz CT molecular complexity index is 628. The lowest BCUT2D eigenvalue weighted by Crippen LogP contribution is -2.44. The lowest BCUT2D eigenvalue weighted by atomic mass is 9.98. The van der Waals surface area contributed by atoms with Gasteiger partial charge in [0.2, 0.25) is 5.91 Å². The molecule has 2 rings (SSSR count). The zero-order chi connectivity index (χ0) is 18.2. The van der Waals surface area contributed by atoms with Gasteiger partial charge in [0.15, 0.2) is 0 Å². The van der Waals surface area contributed by atoms with E-state index in [-0.39, 0.29) is 25.7 Å². The zero-order valence-corrected chi connectivity index (χ0v) is 14.3. The van der Waals surface area contributed by atoms with Gasteiger partial charge in [-0.3, -0.25) is 9.59 Å². The van der Waals surface area contributed by atoms with E-state index in [9.17, 15) is 14.4 Å². The molecule has 0 radical (unpaired) electrons. The third-order valence-corrected chi connectivity index (χ3v) is 4.03. The van der Waals surface area contributed by atoms with E-state index in [0.29, 0.717) is 12.8 Å². The second kappa shape index (κ2) is 9.01. The molecular weight excluding hydrogens is 322 g/mol. The van der Waals surface area contributed by atoms with Crippen molar-refractivity contribution in [2.24, 2.45) is 5.92 Å². The highest BCUT2D eigenvalue weighted by molar-refractivity contribution is 5.96. The minimum atomic E-state index is -0.680. The fourth-order valence-corrected chi connectivity index (χ4v) is 2.86. The van der Waals surface area contributed by atoms with Crippen molar-refractivity contribution in [1.82, 2.24) is 4.90 Å². The van der Waals surface area contributed by atoms with E-state index < -0.39 is 23.9 Å². The van der Waals surface area contributed by atoms with Gasteiger partial charge in [-0.05, 0) is 25.3 Å². The summed E-state index contributed by atoms with van der Waals surface area (Å²) in [6, 6.07) is 9.21. The van der Waals surface area contributed by atoms with Crippen molar-refractivity contribution in [3.8, 4) is 0 Å². The van der Waals surface area contributed by atoms with E-state index in [0.717, 1.165) is 10.5 Å². The van der Waals surface area contributed by atoms with Crippen LogP contribution in [0.5, 0.6) is 0 Å². The smallest absolute Gasteiger partial charge is 0.416 e. The van der Waals surface area contributed by atoms with Crippen molar-refractivity contribution < 1.29 is 23.9 Å². The molecule has 0 spiro atoms. The summed E-state index contributed by atoms with van der Waals surface area (Å²) in [6.45, 7) is 5.73. The average molecular weight is 345 g/mol. The van der Waals surface area contributed by atoms with Crippen molar-refractivity contribution >= 4 is 18.0 Å². The molecule has 6 heteroatoms. The SMILES string of the molecule is C=CC[C@@H](CC(=O)OCC)C(=O)N1C(=O)OC[C@H]1Cc1ccccc1. The summed E-state index contributed by atoms with van der Waals surface area (Å²) in [7, 11) is 0. The second-order valence-corrected chi connectivity index (χ2v) is 5.86. The molecule has 1 fully saturated rings. The van der Waals surface area contributed by atoms with E-state index in [1.54, 1.807) is 13.0 Å². The number of carbonyl (C=O) groups excluding carboxylic acids is 3. The van der Waals surface area contributed by atoms with Gasteiger partial charge in [-0.15, -0.1) is 6.58 Å². The molecule has 0 saturated carbocycles. The normalized spacial score (nSPS) is 17.7. The molecule has 1 saturated heterocycles. The number of hydrogen-bond acceptors (Lipinski definition) is 5. The Hall–Kier alpha value is -2.63. The Morgan fingerprint density at radius 1 is 1.40 bits per heavy atom. The van der Waals surface area contributed by atoms with Crippen LogP contribution in [0.4, 0.5) is 4.79 Å². The summed E-state index contributed by atoms with van der Waals surface area (Å²) in [5.41, 5.74) is 1.01. The molecule has 1 aromatic rings. The van der Waals surface area contributed by atoms with Crippen molar-refractivity contribution in [2.45, 2.75) is 32.2 Å². The minimum Gasteiger partial charge on any atom is -0.466 e. The molecule has 6 nitrogen and oxygen atoms in total. The number of benzene rings is 1. The first-order valence-electron chi connectivity index (χ1n) is 8.37. The quantitative estimate of drug-likeness (QED) is 0.535. The summed E-state index contributed by atoms with van der Waals surface area (Å²) >= 11 is 0. The molecule has 0 N–H and O–H groups in total. The molecule has 2 amide bonds. The maximum atomic E-state index is 12.9. The topological polar surface area (TPSA) is 72.9 Å². The van der Waals surface area contributed by atoms with Crippen LogP contribution in [0, 0.1) is 5.92 Å². The van der Waals surface area contributed by atoms with Gasteiger partial charge >= 0.3 is 12.1 Å². The lowest BCUT2D eigenvalue weighted by molar-refractivity contribution is -0.148. The Labute approximate surface area is 147 Å². The second-order valence-electron chi connectivity index (χ2n) is 5.86. The van der Waals surface area contributed by atoms with Crippen molar-refractivity contribution in [3.05, 3.63) is 48.6 Å². The highest BCUT2D eigenvalue weighted by atomic mass is 16.6. The maximum Gasteiger partial charge on any atom is 0.416 e. The Morgan fingerprint density at radius 3 is 2.76 bits per heavy atom. The molecule has 1 aromatic carbocycles.